The molecule has 5 heteroatoms. The van der Waals surface area contributed by atoms with Crippen LogP contribution >= 0.6 is 0 Å². The molecule has 136 valence electrons. The number of hydrogen-bond acceptors (Lipinski definition) is 4. The Balaban J connectivity index is 2.19. The largest absolute Gasteiger partial charge is 0.543 e. The van der Waals surface area contributed by atoms with Crippen molar-refractivity contribution < 1.29 is 19.4 Å². The van der Waals surface area contributed by atoms with E-state index in [2.05, 4.69) is 26.1 Å². The van der Waals surface area contributed by atoms with Crippen LogP contribution in [-0.4, -0.2) is 19.0 Å². The third-order valence-corrected chi connectivity index (χ3v) is 3.91. The van der Waals surface area contributed by atoms with Gasteiger partial charge in [0.2, 0.25) is 0 Å². The lowest BCUT2D eigenvalue weighted by Gasteiger charge is -2.19. The van der Waals surface area contributed by atoms with E-state index in [9.17, 15) is 14.7 Å². The topological polar surface area (TPSA) is 78.5 Å². The van der Waals surface area contributed by atoms with Crippen molar-refractivity contribution in [2.24, 2.45) is 0 Å². The van der Waals surface area contributed by atoms with Crippen LogP contribution in [0.3, 0.4) is 0 Å². The SMILES string of the molecule is COc1ccc(/C=C(/NC(=O)c2ccc(C(C)(C)C)cc2)C(=O)[O-])cc1. The van der Waals surface area contributed by atoms with Gasteiger partial charge < -0.3 is 20.0 Å². The highest BCUT2D eigenvalue weighted by Gasteiger charge is 2.15. The summed E-state index contributed by atoms with van der Waals surface area (Å²) in [5.41, 5.74) is 1.73. The Bertz CT molecular complexity index is 813. The molecule has 0 aromatic heterocycles. The number of rotatable bonds is 5. The summed E-state index contributed by atoms with van der Waals surface area (Å²) >= 11 is 0. The van der Waals surface area contributed by atoms with Gasteiger partial charge in [-0.2, -0.15) is 0 Å². The Morgan fingerprint density at radius 3 is 2.04 bits per heavy atom. The smallest absolute Gasteiger partial charge is 0.255 e. The van der Waals surface area contributed by atoms with Gasteiger partial charge in [0.05, 0.1) is 18.8 Å². The summed E-state index contributed by atoms with van der Waals surface area (Å²) in [6.45, 7) is 6.23. The summed E-state index contributed by atoms with van der Waals surface area (Å²) < 4.78 is 5.06. The number of aliphatic carboxylic acids is 1. The van der Waals surface area contributed by atoms with E-state index in [0.717, 1.165) is 5.56 Å². The van der Waals surface area contributed by atoms with Crippen LogP contribution in [0, 0.1) is 0 Å². The molecule has 0 bridgehead atoms. The number of methoxy groups -OCH3 is 1. The fourth-order valence-corrected chi connectivity index (χ4v) is 2.33. The van der Waals surface area contributed by atoms with Crippen molar-refractivity contribution in [3.63, 3.8) is 0 Å². The highest BCUT2D eigenvalue weighted by atomic mass is 16.5. The summed E-state index contributed by atoms with van der Waals surface area (Å²) in [4.78, 5) is 23.7. The maximum absolute atomic E-state index is 12.3. The van der Waals surface area contributed by atoms with Crippen LogP contribution < -0.4 is 15.2 Å². The van der Waals surface area contributed by atoms with E-state index in [-0.39, 0.29) is 11.1 Å². The van der Waals surface area contributed by atoms with Gasteiger partial charge in [0, 0.05) is 5.56 Å². The summed E-state index contributed by atoms with van der Waals surface area (Å²) in [5.74, 6) is -1.31. The molecule has 0 unspecified atom stereocenters. The zero-order valence-corrected chi connectivity index (χ0v) is 15.3. The van der Waals surface area contributed by atoms with Gasteiger partial charge in [-0.3, -0.25) is 4.79 Å². The van der Waals surface area contributed by atoms with E-state index in [0.29, 0.717) is 16.9 Å². The Hall–Kier alpha value is -3.08. The van der Waals surface area contributed by atoms with Crippen molar-refractivity contribution in [2.45, 2.75) is 26.2 Å². The second kappa shape index (κ2) is 7.87. The minimum atomic E-state index is -1.46. The predicted octanol–water partition coefficient (Wildman–Crippen LogP) is 2.51. The Kier molecular flexibility index (Phi) is 5.82. The van der Waals surface area contributed by atoms with Crippen LogP contribution in [0.1, 0.15) is 42.3 Å². The zero-order valence-electron chi connectivity index (χ0n) is 15.3. The average Bonchev–Trinajstić information content (AvgIpc) is 2.61. The molecule has 0 aliphatic heterocycles. The summed E-state index contributed by atoms with van der Waals surface area (Å²) in [6, 6.07) is 13.9. The lowest BCUT2D eigenvalue weighted by Crippen LogP contribution is -2.35. The maximum Gasteiger partial charge on any atom is 0.255 e. The number of ether oxygens (including phenoxy) is 1. The third kappa shape index (κ3) is 4.96. The van der Waals surface area contributed by atoms with Crippen LogP contribution in [0.4, 0.5) is 0 Å². The Labute approximate surface area is 153 Å². The number of hydrogen-bond donors (Lipinski definition) is 1. The summed E-state index contributed by atoms with van der Waals surface area (Å²) in [7, 11) is 1.54. The van der Waals surface area contributed by atoms with Gasteiger partial charge in [0.15, 0.2) is 0 Å². The van der Waals surface area contributed by atoms with Gasteiger partial charge in [-0.1, -0.05) is 45.0 Å². The van der Waals surface area contributed by atoms with Crippen molar-refractivity contribution >= 4 is 18.0 Å². The first-order valence-electron chi connectivity index (χ1n) is 8.19. The third-order valence-electron chi connectivity index (χ3n) is 3.91. The molecule has 2 rings (SSSR count). The van der Waals surface area contributed by atoms with E-state index < -0.39 is 11.9 Å². The Morgan fingerprint density at radius 1 is 1.00 bits per heavy atom. The number of carboxylic acid groups (broad SMARTS) is 1. The van der Waals surface area contributed by atoms with Crippen molar-refractivity contribution in [3.05, 3.63) is 70.9 Å². The molecule has 0 saturated heterocycles. The van der Waals surface area contributed by atoms with Gasteiger partial charge in [-0.25, -0.2) is 0 Å². The normalized spacial score (nSPS) is 11.8. The molecule has 26 heavy (non-hydrogen) atoms. The van der Waals surface area contributed by atoms with E-state index in [4.69, 9.17) is 4.74 Å². The van der Waals surface area contributed by atoms with Gasteiger partial charge in [-0.05, 0) is 46.9 Å². The molecule has 0 aliphatic carbocycles. The number of carboxylic acids is 1. The molecular weight excluding hydrogens is 330 g/mol. The molecule has 1 amide bonds. The molecule has 5 nitrogen and oxygen atoms in total. The zero-order chi connectivity index (χ0) is 19.3. The van der Waals surface area contributed by atoms with Gasteiger partial charge in [0.25, 0.3) is 5.91 Å². The lowest BCUT2D eigenvalue weighted by molar-refractivity contribution is -0.299. The second-order valence-corrected chi connectivity index (χ2v) is 6.90. The van der Waals surface area contributed by atoms with Gasteiger partial charge in [-0.15, -0.1) is 0 Å². The molecule has 0 spiro atoms. The molecule has 0 atom stereocenters. The number of amides is 1. The molecular formula is C21H22NO4-. The number of nitrogens with one attached hydrogen (secondary N) is 1. The van der Waals surface area contributed by atoms with Crippen molar-refractivity contribution in [1.82, 2.24) is 5.32 Å². The van der Waals surface area contributed by atoms with E-state index in [1.54, 1.807) is 43.5 Å². The van der Waals surface area contributed by atoms with Crippen molar-refractivity contribution in [1.29, 1.82) is 0 Å². The van der Waals surface area contributed by atoms with E-state index in [1.165, 1.54) is 6.08 Å². The quantitative estimate of drug-likeness (QED) is 0.839. The standard InChI is InChI=1S/C21H23NO4/c1-21(2,3)16-9-7-15(8-10-16)19(23)22-18(20(24)25)13-14-5-11-17(26-4)12-6-14/h5-13H,1-4H3,(H,22,23)(H,24,25)/p-1/b18-13+. The minimum absolute atomic E-state index is 0.0284. The highest BCUT2D eigenvalue weighted by molar-refractivity contribution is 6.02. The van der Waals surface area contributed by atoms with Gasteiger partial charge in [0.1, 0.15) is 5.75 Å². The lowest BCUT2D eigenvalue weighted by atomic mass is 9.87. The maximum atomic E-state index is 12.3. The minimum Gasteiger partial charge on any atom is -0.543 e. The number of carbonyl (C=O) groups excluding carboxylic acids is 2. The molecule has 2 aromatic rings. The van der Waals surface area contributed by atoms with Crippen molar-refractivity contribution in [3.8, 4) is 5.75 Å². The molecule has 2 aromatic carbocycles. The van der Waals surface area contributed by atoms with Gasteiger partial charge >= 0.3 is 0 Å². The molecule has 0 fully saturated rings. The summed E-state index contributed by atoms with van der Waals surface area (Å²) in [6.07, 6.45) is 1.34. The first kappa shape index (κ1) is 19.2. The molecule has 0 heterocycles. The van der Waals surface area contributed by atoms with E-state index in [1.807, 2.05) is 12.1 Å². The molecule has 0 radical (unpaired) electrons. The van der Waals surface area contributed by atoms with Crippen LogP contribution in [0.25, 0.3) is 6.08 Å². The average molecular weight is 352 g/mol. The van der Waals surface area contributed by atoms with Crippen molar-refractivity contribution in [2.75, 3.05) is 7.11 Å². The van der Waals surface area contributed by atoms with Crippen LogP contribution in [0.5, 0.6) is 5.75 Å². The molecule has 1 N–H and O–H groups in total. The van der Waals surface area contributed by atoms with Crippen LogP contribution in [-0.2, 0) is 10.2 Å². The number of carbonyl (C=O) groups is 2. The Morgan fingerprint density at radius 2 is 1.58 bits per heavy atom. The molecule has 0 saturated carbocycles. The monoisotopic (exact) mass is 352 g/mol. The first-order chi connectivity index (χ1) is 12.2. The van der Waals surface area contributed by atoms with E-state index >= 15 is 0 Å². The predicted molar refractivity (Wildman–Crippen MR) is 98.6 cm³/mol. The second-order valence-electron chi connectivity index (χ2n) is 6.90. The fourth-order valence-electron chi connectivity index (χ4n) is 2.33. The van der Waals surface area contributed by atoms with Crippen LogP contribution in [0.2, 0.25) is 0 Å². The highest BCUT2D eigenvalue weighted by Crippen LogP contribution is 2.22. The van der Waals surface area contributed by atoms with Crippen LogP contribution in [0.15, 0.2) is 54.2 Å². The molecule has 0 aliphatic rings. The summed E-state index contributed by atoms with van der Waals surface area (Å²) in [5, 5.41) is 13.8. The fraction of sp³-hybridized carbons (Fsp3) is 0.238. The first-order valence-corrected chi connectivity index (χ1v) is 8.19. The number of benzene rings is 2.